The van der Waals surface area contributed by atoms with Gasteiger partial charge in [-0.15, -0.1) is 0 Å². The van der Waals surface area contributed by atoms with E-state index in [1.165, 1.54) is 64.7 Å². The van der Waals surface area contributed by atoms with Crippen LogP contribution in [0.3, 0.4) is 0 Å². The fourth-order valence-electron chi connectivity index (χ4n) is 2.13. The highest BCUT2D eigenvalue weighted by Crippen LogP contribution is 2.30. The minimum Gasteiger partial charge on any atom is -0.497 e. The van der Waals surface area contributed by atoms with Crippen LogP contribution in [0.1, 0.15) is 0 Å². The number of sulfonamides is 2. The summed E-state index contributed by atoms with van der Waals surface area (Å²) in [6, 6.07) is 9.92. The summed E-state index contributed by atoms with van der Waals surface area (Å²) in [7, 11) is -2.16. The van der Waals surface area contributed by atoms with Crippen LogP contribution in [0.25, 0.3) is 0 Å². The molecule has 0 atom stereocenters. The van der Waals surface area contributed by atoms with Crippen LogP contribution >= 0.6 is 0 Å². The molecule has 0 aliphatic carbocycles. The van der Waals surface area contributed by atoms with E-state index < -0.39 is 20.0 Å². The number of methoxy groups -OCH3 is 2. The van der Waals surface area contributed by atoms with Gasteiger partial charge in [-0.05, 0) is 30.3 Å². The Morgan fingerprint density at radius 1 is 0.923 bits per heavy atom. The Morgan fingerprint density at radius 3 is 2.19 bits per heavy atom. The lowest BCUT2D eigenvalue weighted by atomic mass is 10.3. The maximum atomic E-state index is 12.7. The maximum Gasteiger partial charge on any atom is 0.265 e. The molecule has 0 amide bonds. The minimum atomic E-state index is -4.03. The monoisotopic (exact) mass is 400 g/mol. The molecular weight excluding hydrogens is 380 g/mol. The van der Waals surface area contributed by atoms with Gasteiger partial charge in [0.2, 0.25) is 10.0 Å². The third-order valence-corrected chi connectivity index (χ3v) is 6.74. The van der Waals surface area contributed by atoms with E-state index in [4.69, 9.17) is 9.47 Å². The Hall–Kier alpha value is -2.30. The van der Waals surface area contributed by atoms with E-state index in [-0.39, 0.29) is 21.2 Å². The maximum absolute atomic E-state index is 12.7. The zero-order chi connectivity index (χ0) is 19.5. The first kappa shape index (κ1) is 20.0. The van der Waals surface area contributed by atoms with Crippen LogP contribution in [-0.2, 0) is 20.0 Å². The molecule has 142 valence electrons. The van der Waals surface area contributed by atoms with Crippen molar-refractivity contribution >= 4 is 25.7 Å². The van der Waals surface area contributed by atoms with Gasteiger partial charge in [-0.1, -0.05) is 6.07 Å². The van der Waals surface area contributed by atoms with E-state index in [0.717, 1.165) is 4.31 Å². The van der Waals surface area contributed by atoms with Crippen molar-refractivity contribution in [3.63, 3.8) is 0 Å². The number of anilines is 1. The van der Waals surface area contributed by atoms with Gasteiger partial charge in [0, 0.05) is 20.2 Å². The van der Waals surface area contributed by atoms with Crippen LogP contribution in [0.4, 0.5) is 5.69 Å². The van der Waals surface area contributed by atoms with Gasteiger partial charge in [0.05, 0.1) is 24.8 Å². The van der Waals surface area contributed by atoms with E-state index >= 15 is 0 Å². The van der Waals surface area contributed by atoms with Gasteiger partial charge in [-0.2, -0.15) is 0 Å². The number of hydrogen-bond acceptors (Lipinski definition) is 6. The molecule has 2 aromatic carbocycles. The third-order valence-electron chi connectivity index (χ3n) is 3.53. The van der Waals surface area contributed by atoms with Crippen molar-refractivity contribution in [2.75, 3.05) is 33.0 Å². The van der Waals surface area contributed by atoms with Crippen molar-refractivity contribution in [3.8, 4) is 11.5 Å². The molecule has 10 heteroatoms. The summed E-state index contributed by atoms with van der Waals surface area (Å²) >= 11 is 0. The second-order valence-corrected chi connectivity index (χ2v) is 9.24. The van der Waals surface area contributed by atoms with Gasteiger partial charge < -0.3 is 9.47 Å². The molecular formula is C16H20N2O6S2. The summed E-state index contributed by atoms with van der Waals surface area (Å²) in [5.74, 6) is 0.477. The SMILES string of the molecule is COc1ccc(OC)c(S(=O)(=O)Nc2cccc(S(=O)(=O)N(C)C)c2)c1. The van der Waals surface area contributed by atoms with Gasteiger partial charge in [-0.25, -0.2) is 21.1 Å². The van der Waals surface area contributed by atoms with Crippen LogP contribution in [-0.4, -0.2) is 49.5 Å². The standard InChI is InChI=1S/C16H20N2O6S2/c1-18(2)26(21,22)14-7-5-6-12(10-14)17-25(19,20)16-11-13(23-3)8-9-15(16)24-4/h5-11,17H,1-4H3. The van der Waals surface area contributed by atoms with E-state index in [2.05, 4.69) is 4.72 Å². The molecule has 0 bridgehead atoms. The van der Waals surface area contributed by atoms with Gasteiger partial charge >= 0.3 is 0 Å². The molecule has 0 heterocycles. The first-order valence-corrected chi connectivity index (χ1v) is 10.3. The Kier molecular flexibility index (Phi) is 5.79. The molecule has 0 radical (unpaired) electrons. The zero-order valence-electron chi connectivity index (χ0n) is 14.8. The quantitative estimate of drug-likeness (QED) is 0.760. The summed E-state index contributed by atoms with van der Waals surface area (Å²) in [5, 5.41) is 0. The highest BCUT2D eigenvalue weighted by atomic mass is 32.2. The number of hydrogen-bond donors (Lipinski definition) is 1. The van der Waals surface area contributed by atoms with E-state index in [9.17, 15) is 16.8 Å². The molecule has 0 fully saturated rings. The van der Waals surface area contributed by atoms with Crippen molar-refractivity contribution in [1.29, 1.82) is 0 Å². The Morgan fingerprint density at radius 2 is 1.62 bits per heavy atom. The summed E-state index contributed by atoms with van der Waals surface area (Å²) in [5.41, 5.74) is 0.109. The van der Waals surface area contributed by atoms with E-state index in [0.29, 0.717) is 5.75 Å². The molecule has 0 aliphatic heterocycles. The van der Waals surface area contributed by atoms with Crippen molar-refractivity contribution in [3.05, 3.63) is 42.5 Å². The minimum absolute atomic E-state index is 0.0275. The molecule has 26 heavy (non-hydrogen) atoms. The zero-order valence-corrected chi connectivity index (χ0v) is 16.4. The van der Waals surface area contributed by atoms with E-state index in [1.54, 1.807) is 6.07 Å². The van der Waals surface area contributed by atoms with Crippen LogP contribution in [0.5, 0.6) is 11.5 Å². The lowest BCUT2D eigenvalue weighted by Gasteiger charge is -2.15. The average Bonchev–Trinajstić information content (AvgIpc) is 2.60. The average molecular weight is 400 g/mol. The molecule has 2 rings (SSSR count). The number of rotatable bonds is 7. The van der Waals surface area contributed by atoms with E-state index in [1.807, 2.05) is 0 Å². The van der Waals surface area contributed by atoms with Crippen molar-refractivity contribution < 1.29 is 26.3 Å². The van der Waals surface area contributed by atoms with Crippen LogP contribution in [0.15, 0.2) is 52.3 Å². The summed E-state index contributed by atoms with van der Waals surface area (Å²) in [6.07, 6.45) is 0. The van der Waals surface area contributed by atoms with Gasteiger partial charge in [0.1, 0.15) is 16.4 Å². The highest BCUT2D eigenvalue weighted by Gasteiger charge is 2.22. The lowest BCUT2D eigenvalue weighted by Crippen LogP contribution is -2.22. The van der Waals surface area contributed by atoms with Crippen LogP contribution in [0.2, 0.25) is 0 Å². The fourth-order valence-corrected chi connectivity index (χ4v) is 4.32. The molecule has 0 aromatic heterocycles. The normalized spacial score (nSPS) is 12.0. The summed E-state index contributed by atoms with van der Waals surface area (Å²) in [4.78, 5) is -0.152. The Labute approximate surface area is 153 Å². The molecule has 2 aromatic rings. The summed E-state index contributed by atoms with van der Waals surface area (Å²) < 4.78 is 63.5. The molecule has 1 N–H and O–H groups in total. The number of benzene rings is 2. The Balaban J connectivity index is 2.46. The fraction of sp³-hybridized carbons (Fsp3) is 0.250. The van der Waals surface area contributed by atoms with Crippen molar-refractivity contribution in [1.82, 2.24) is 4.31 Å². The Bertz CT molecular complexity index is 1000. The predicted molar refractivity (Wildman–Crippen MR) is 97.7 cm³/mol. The molecule has 0 spiro atoms. The number of nitrogens with zero attached hydrogens (tertiary/aromatic N) is 1. The van der Waals surface area contributed by atoms with Crippen LogP contribution < -0.4 is 14.2 Å². The van der Waals surface area contributed by atoms with Crippen molar-refractivity contribution in [2.45, 2.75) is 9.79 Å². The molecule has 0 unspecified atom stereocenters. The third kappa shape index (κ3) is 4.09. The second-order valence-electron chi connectivity index (χ2n) is 5.44. The highest BCUT2D eigenvalue weighted by molar-refractivity contribution is 7.92. The lowest BCUT2D eigenvalue weighted by molar-refractivity contribution is 0.392. The number of nitrogens with one attached hydrogen (secondary N) is 1. The summed E-state index contributed by atoms with van der Waals surface area (Å²) in [6.45, 7) is 0. The van der Waals surface area contributed by atoms with Crippen LogP contribution in [0, 0.1) is 0 Å². The molecule has 0 saturated carbocycles. The largest absolute Gasteiger partial charge is 0.497 e. The van der Waals surface area contributed by atoms with Crippen molar-refractivity contribution in [2.24, 2.45) is 0 Å². The van der Waals surface area contributed by atoms with Gasteiger partial charge in [-0.3, -0.25) is 4.72 Å². The second kappa shape index (κ2) is 7.52. The molecule has 0 saturated heterocycles. The number of ether oxygens (including phenoxy) is 2. The molecule has 8 nitrogen and oxygen atoms in total. The topological polar surface area (TPSA) is 102 Å². The first-order valence-electron chi connectivity index (χ1n) is 7.39. The first-order chi connectivity index (χ1) is 12.1. The predicted octanol–water partition coefficient (Wildman–Crippen LogP) is 1.75. The molecule has 0 aliphatic rings. The smallest absolute Gasteiger partial charge is 0.265 e. The van der Waals surface area contributed by atoms with Gasteiger partial charge in [0.25, 0.3) is 10.0 Å². The van der Waals surface area contributed by atoms with Gasteiger partial charge in [0.15, 0.2) is 0 Å².